The molecular formula is C23H33NO2. The molecule has 1 atom stereocenters. The molecule has 0 spiro atoms. The van der Waals surface area contributed by atoms with Crippen LogP contribution in [0.25, 0.3) is 0 Å². The van der Waals surface area contributed by atoms with E-state index >= 15 is 0 Å². The predicted octanol–water partition coefficient (Wildman–Crippen LogP) is 5.25. The average Bonchev–Trinajstić information content (AvgIpc) is 2.63. The fourth-order valence-corrected chi connectivity index (χ4v) is 2.90. The Balaban J connectivity index is 1.92. The van der Waals surface area contributed by atoms with Crippen LogP contribution in [0.15, 0.2) is 48.5 Å². The van der Waals surface area contributed by atoms with E-state index in [9.17, 15) is 0 Å². The minimum atomic E-state index is 0.199. The van der Waals surface area contributed by atoms with Crippen LogP contribution >= 0.6 is 0 Å². The van der Waals surface area contributed by atoms with Gasteiger partial charge < -0.3 is 14.8 Å². The molecule has 2 rings (SSSR count). The van der Waals surface area contributed by atoms with E-state index in [1.54, 1.807) is 7.11 Å². The summed E-state index contributed by atoms with van der Waals surface area (Å²) in [4.78, 5) is 0. The fraction of sp³-hybridized carbons (Fsp3) is 0.478. The summed E-state index contributed by atoms with van der Waals surface area (Å²) in [6.45, 7) is 11.0. The molecule has 0 amide bonds. The van der Waals surface area contributed by atoms with E-state index < -0.39 is 0 Å². The maximum absolute atomic E-state index is 5.64. The molecule has 3 nitrogen and oxygen atoms in total. The molecule has 0 heterocycles. The number of hydrogen-bond acceptors (Lipinski definition) is 3. The highest BCUT2D eigenvalue weighted by molar-refractivity contribution is 5.30. The van der Waals surface area contributed by atoms with Crippen molar-refractivity contribution in [2.24, 2.45) is 0 Å². The summed E-state index contributed by atoms with van der Waals surface area (Å²) in [5, 5.41) is 3.67. The van der Waals surface area contributed by atoms with Gasteiger partial charge in [0.25, 0.3) is 0 Å². The Bertz CT molecular complexity index is 641. The second-order valence-corrected chi connectivity index (χ2v) is 7.70. The van der Waals surface area contributed by atoms with E-state index in [-0.39, 0.29) is 5.41 Å². The lowest BCUT2D eigenvalue weighted by atomic mass is 9.87. The van der Waals surface area contributed by atoms with Crippen molar-refractivity contribution in [3.05, 3.63) is 65.2 Å². The molecular weight excluding hydrogens is 322 g/mol. The summed E-state index contributed by atoms with van der Waals surface area (Å²) in [6, 6.07) is 17.6. The highest BCUT2D eigenvalue weighted by Gasteiger charge is 2.13. The first-order valence-electron chi connectivity index (χ1n) is 9.48. The van der Waals surface area contributed by atoms with Gasteiger partial charge >= 0.3 is 0 Å². The second-order valence-electron chi connectivity index (χ2n) is 7.70. The van der Waals surface area contributed by atoms with E-state index in [1.165, 1.54) is 16.7 Å². The average molecular weight is 356 g/mol. The second kappa shape index (κ2) is 9.75. The molecule has 2 aromatic carbocycles. The fourth-order valence-electron chi connectivity index (χ4n) is 2.90. The van der Waals surface area contributed by atoms with Crippen LogP contribution in [-0.2, 0) is 16.7 Å². The van der Waals surface area contributed by atoms with Gasteiger partial charge in [-0.1, -0.05) is 64.1 Å². The minimum Gasteiger partial charge on any atom is -0.491 e. The number of methoxy groups -OCH3 is 1. The molecule has 0 saturated carbocycles. The van der Waals surface area contributed by atoms with Crippen LogP contribution < -0.4 is 10.1 Å². The molecule has 1 unspecified atom stereocenters. The summed E-state index contributed by atoms with van der Waals surface area (Å²) in [5.41, 5.74) is 4.18. The van der Waals surface area contributed by atoms with Crippen molar-refractivity contribution >= 4 is 0 Å². The van der Waals surface area contributed by atoms with Gasteiger partial charge in [-0.3, -0.25) is 0 Å². The van der Waals surface area contributed by atoms with Gasteiger partial charge in [0.2, 0.25) is 0 Å². The summed E-state index contributed by atoms with van der Waals surface area (Å²) in [6.07, 6.45) is 1.05. The first-order chi connectivity index (χ1) is 12.4. The normalized spacial score (nSPS) is 12.8. The maximum atomic E-state index is 5.64. The number of benzene rings is 2. The molecule has 0 radical (unpaired) electrons. The number of ether oxygens (including phenoxy) is 2. The lowest BCUT2D eigenvalue weighted by Crippen LogP contribution is -2.20. The standard InChI is InChI=1S/C23H33NO2/c1-6-22(19-9-13-21(14-10-19)26-16-15-25-5)24-17-18-7-11-20(12-8-18)23(2,3)4/h7-14,22,24H,6,15-17H2,1-5H3. The lowest BCUT2D eigenvalue weighted by molar-refractivity contribution is 0.146. The van der Waals surface area contributed by atoms with E-state index in [1.807, 2.05) is 12.1 Å². The first-order valence-corrected chi connectivity index (χ1v) is 9.48. The van der Waals surface area contributed by atoms with E-state index in [0.29, 0.717) is 19.3 Å². The van der Waals surface area contributed by atoms with Crippen molar-refractivity contribution in [3.63, 3.8) is 0 Å². The number of nitrogens with one attached hydrogen (secondary N) is 1. The third-order valence-corrected chi connectivity index (χ3v) is 4.62. The number of rotatable bonds is 9. The van der Waals surface area contributed by atoms with Gasteiger partial charge in [-0.25, -0.2) is 0 Å². The third-order valence-electron chi connectivity index (χ3n) is 4.62. The molecule has 1 N–H and O–H groups in total. The van der Waals surface area contributed by atoms with Gasteiger partial charge in [0, 0.05) is 19.7 Å². The number of hydrogen-bond donors (Lipinski definition) is 1. The van der Waals surface area contributed by atoms with Gasteiger partial charge in [0.15, 0.2) is 0 Å². The van der Waals surface area contributed by atoms with Crippen LogP contribution in [0.5, 0.6) is 5.75 Å². The van der Waals surface area contributed by atoms with Gasteiger partial charge in [-0.15, -0.1) is 0 Å². The molecule has 0 bridgehead atoms. The zero-order valence-corrected chi connectivity index (χ0v) is 16.8. The van der Waals surface area contributed by atoms with Crippen molar-refractivity contribution in [1.82, 2.24) is 5.32 Å². The summed E-state index contributed by atoms with van der Waals surface area (Å²) in [5.74, 6) is 0.887. The van der Waals surface area contributed by atoms with Crippen LogP contribution in [0.4, 0.5) is 0 Å². The van der Waals surface area contributed by atoms with E-state index in [0.717, 1.165) is 18.7 Å². The lowest BCUT2D eigenvalue weighted by Gasteiger charge is -2.20. The van der Waals surface area contributed by atoms with Crippen LogP contribution in [0.3, 0.4) is 0 Å². The molecule has 142 valence electrons. The zero-order chi connectivity index (χ0) is 19.0. The predicted molar refractivity (Wildman–Crippen MR) is 109 cm³/mol. The molecule has 0 aliphatic rings. The Kier molecular flexibility index (Phi) is 7.67. The van der Waals surface area contributed by atoms with Crippen LogP contribution in [0, 0.1) is 0 Å². The van der Waals surface area contributed by atoms with Crippen molar-refractivity contribution < 1.29 is 9.47 Å². The highest BCUT2D eigenvalue weighted by Crippen LogP contribution is 2.23. The largest absolute Gasteiger partial charge is 0.491 e. The monoisotopic (exact) mass is 355 g/mol. The molecule has 0 aromatic heterocycles. The smallest absolute Gasteiger partial charge is 0.119 e. The van der Waals surface area contributed by atoms with Crippen LogP contribution in [0.2, 0.25) is 0 Å². The van der Waals surface area contributed by atoms with Gasteiger partial charge in [-0.2, -0.15) is 0 Å². The van der Waals surface area contributed by atoms with Gasteiger partial charge in [0.1, 0.15) is 12.4 Å². The van der Waals surface area contributed by atoms with E-state index in [2.05, 4.69) is 69.4 Å². The van der Waals surface area contributed by atoms with Crippen molar-refractivity contribution in [2.45, 2.75) is 52.1 Å². The first kappa shape index (κ1) is 20.5. The van der Waals surface area contributed by atoms with Crippen LogP contribution in [0.1, 0.15) is 56.8 Å². The Labute approximate surface area is 158 Å². The summed E-state index contributed by atoms with van der Waals surface area (Å²) < 4.78 is 10.6. The zero-order valence-electron chi connectivity index (χ0n) is 16.8. The summed E-state index contributed by atoms with van der Waals surface area (Å²) in [7, 11) is 1.68. The highest BCUT2D eigenvalue weighted by atomic mass is 16.5. The van der Waals surface area contributed by atoms with Crippen molar-refractivity contribution in [1.29, 1.82) is 0 Å². The quantitative estimate of drug-likeness (QED) is 0.623. The minimum absolute atomic E-state index is 0.199. The van der Waals surface area contributed by atoms with Crippen molar-refractivity contribution in [2.75, 3.05) is 20.3 Å². The van der Waals surface area contributed by atoms with E-state index in [4.69, 9.17) is 9.47 Å². The van der Waals surface area contributed by atoms with Crippen molar-refractivity contribution in [3.8, 4) is 5.75 Å². The SMILES string of the molecule is CCC(NCc1ccc(C(C)(C)C)cc1)c1ccc(OCCOC)cc1. The Morgan fingerprint density at radius 2 is 1.58 bits per heavy atom. The maximum Gasteiger partial charge on any atom is 0.119 e. The molecule has 0 aliphatic carbocycles. The molecule has 0 saturated heterocycles. The molecule has 3 heteroatoms. The van der Waals surface area contributed by atoms with Crippen LogP contribution in [-0.4, -0.2) is 20.3 Å². The Morgan fingerprint density at radius 3 is 2.12 bits per heavy atom. The topological polar surface area (TPSA) is 30.5 Å². The Morgan fingerprint density at radius 1 is 0.923 bits per heavy atom. The molecule has 26 heavy (non-hydrogen) atoms. The van der Waals surface area contributed by atoms with Gasteiger partial charge in [-0.05, 0) is 40.7 Å². The van der Waals surface area contributed by atoms with Gasteiger partial charge in [0.05, 0.1) is 6.61 Å². The third kappa shape index (κ3) is 6.15. The Hall–Kier alpha value is -1.84. The molecule has 0 fully saturated rings. The summed E-state index contributed by atoms with van der Waals surface area (Å²) >= 11 is 0. The molecule has 2 aromatic rings. The molecule has 0 aliphatic heterocycles.